The molecule has 0 radical (unpaired) electrons. The van der Waals surface area contributed by atoms with E-state index < -0.39 is 0 Å². The number of aryl methyl sites for hydroxylation is 1. The fourth-order valence-corrected chi connectivity index (χ4v) is 4.37. The Balaban J connectivity index is 1.49. The maximum absolute atomic E-state index is 13.5. The summed E-state index contributed by atoms with van der Waals surface area (Å²) in [6.45, 7) is 5.07. The van der Waals surface area contributed by atoms with Crippen LogP contribution >= 0.6 is 0 Å². The number of benzene rings is 2. The molecule has 0 bridgehead atoms. The van der Waals surface area contributed by atoms with E-state index in [1.165, 1.54) is 4.90 Å². The fourth-order valence-electron chi connectivity index (χ4n) is 4.37. The van der Waals surface area contributed by atoms with Gasteiger partial charge in [-0.3, -0.25) is 14.4 Å². The predicted molar refractivity (Wildman–Crippen MR) is 137 cm³/mol. The van der Waals surface area contributed by atoms with Crippen LogP contribution < -0.4 is 0 Å². The highest BCUT2D eigenvalue weighted by Gasteiger charge is 2.30. The van der Waals surface area contributed by atoms with Gasteiger partial charge in [0.2, 0.25) is 5.91 Å². The first-order valence-corrected chi connectivity index (χ1v) is 12.3. The molecular weight excluding hydrogens is 456 g/mol. The third-order valence-corrected chi connectivity index (χ3v) is 6.48. The average molecular weight is 489 g/mol. The van der Waals surface area contributed by atoms with Crippen molar-refractivity contribution >= 4 is 17.8 Å². The molecule has 3 aromatic rings. The summed E-state index contributed by atoms with van der Waals surface area (Å²) < 4.78 is 6.81. The second-order valence-electron chi connectivity index (χ2n) is 9.11. The Hall–Kier alpha value is -3.94. The van der Waals surface area contributed by atoms with Gasteiger partial charge in [-0.15, -0.1) is 0 Å². The van der Waals surface area contributed by atoms with Crippen LogP contribution in [0.1, 0.15) is 35.7 Å². The summed E-state index contributed by atoms with van der Waals surface area (Å²) in [7, 11) is 1.63. The number of carbonyl (C=O) groups is 3. The molecule has 4 rings (SSSR count). The molecule has 1 saturated heterocycles. The number of piperidine rings is 1. The molecule has 36 heavy (non-hydrogen) atoms. The lowest BCUT2D eigenvalue weighted by molar-refractivity contribution is -0.151. The minimum Gasteiger partial charge on any atom is -0.466 e. The number of hydrogen-bond donors (Lipinski definition) is 0. The van der Waals surface area contributed by atoms with Gasteiger partial charge in [0.05, 0.1) is 30.3 Å². The molecule has 2 aromatic carbocycles. The number of esters is 1. The van der Waals surface area contributed by atoms with E-state index in [2.05, 4.69) is 0 Å². The number of hydrogen-bond acceptors (Lipinski definition) is 5. The first kappa shape index (κ1) is 25.2. The SMILES string of the molecule is CCOC(=O)C1CCN(C(=O)CN(C)C(=O)c2cn(-c3ccc(C)cc3)nc2-c2ccccc2)CC1. The van der Waals surface area contributed by atoms with E-state index in [1.807, 2.05) is 61.5 Å². The third-order valence-electron chi connectivity index (χ3n) is 6.48. The molecule has 1 aliphatic heterocycles. The normalized spacial score (nSPS) is 13.9. The van der Waals surface area contributed by atoms with Crippen LogP contribution in [-0.4, -0.2) is 70.7 Å². The first-order chi connectivity index (χ1) is 17.4. The van der Waals surface area contributed by atoms with Crippen LogP contribution in [0.25, 0.3) is 16.9 Å². The van der Waals surface area contributed by atoms with Crippen LogP contribution in [0.2, 0.25) is 0 Å². The highest BCUT2D eigenvalue weighted by Crippen LogP contribution is 2.25. The van der Waals surface area contributed by atoms with Crippen molar-refractivity contribution in [3.05, 3.63) is 71.9 Å². The Morgan fingerprint density at radius 2 is 1.69 bits per heavy atom. The highest BCUT2D eigenvalue weighted by atomic mass is 16.5. The Labute approximate surface area is 211 Å². The molecule has 1 aliphatic rings. The number of rotatable bonds is 7. The van der Waals surface area contributed by atoms with Gasteiger partial charge in [0.1, 0.15) is 5.69 Å². The van der Waals surface area contributed by atoms with Gasteiger partial charge in [0, 0.05) is 31.9 Å². The number of nitrogens with zero attached hydrogens (tertiary/aromatic N) is 4. The molecule has 0 spiro atoms. The van der Waals surface area contributed by atoms with Gasteiger partial charge in [-0.25, -0.2) is 4.68 Å². The lowest BCUT2D eigenvalue weighted by Crippen LogP contribution is -2.45. The van der Waals surface area contributed by atoms with E-state index in [9.17, 15) is 14.4 Å². The molecular formula is C28H32N4O4. The number of likely N-dealkylation sites (N-methyl/N-ethyl adjacent to an activating group) is 1. The molecule has 0 atom stereocenters. The fraction of sp³-hybridized carbons (Fsp3) is 0.357. The minimum atomic E-state index is -0.276. The zero-order chi connectivity index (χ0) is 25.7. The van der Waals surface area contributed by atoms with Crippen LogP contribution in [0.4, 0.5) is 0 Å². The summed E-state index contributed by atoms with van der Waals surface area (Å²) in [5.41, 5.74) is 3.80. The van der Waals surface area contributed by atoms with Gasteiger partial charge in [-0.05, 0) is 38.8 Å². The smallest absolute Gasteiger partial charge is 0.309 e. The molecule has 1 fully saturated rings. The molecule has 2 amide bonds. The van der Waals surface area contributed by atoms with E-state index in [0.29, 0.717) is 43.8 Å². The molecule has 1 aromatic heterocycles. The summed E-state index contributed by atoms with van der Waals surface area (Å²) >= 11 is 0. The zero-order valence-electron chi connectivity index (χ0n) is 21.0. The molecule has 0 N–H and O–H groups in total. The van der Waals surface area contributed by atoms with E-state index in [1.54, 1.807) is 29.7 Å². The van der Waals surface area contributed by atoms with Crippen molar-refractivity contribution in [2.45, 2.75) is 26.7 Å². The first-order valence-electron chi connectivity index (χ1n) is 12.3. The topological polar surface area (TPSA) is 84.7 Å². The predicted octanol–water partition coefficient (Wildman–Crippen LogP) is 3.72. The molecule has 0 saturated carbocycles. The lowest BCUT2D eigenvalue weighted by atomic mass is 9.97. The van der Waals surface area contributed by atoms with Gasteiger partial charge >= 0.3 is 5.97 Å². The van der Waals surface area contributed by atoms with Crippen molar-refractivity contribution in [1.82, 2.24) is 19.6 Å². The molecule has 188 valence electrons. The Bertz CT molecular complexity index is 1210. The van der Waals surface area contributed by atoms with Crippen molar-refractivity contribution in [2.75, 3.05) is 33.3 Å². The van der Waals surface area contributed by atoms with Crippen molar-refractivity contribution < 1.29 is 19.1 Å². The Morgan fingerprint density at radius 1 is 1.03 bits per heavy atom. The summed E-state index contributed by atoms with van der Waals surface area (Å²) in [5.74, 6) is -0.785. The number of aromatic nitrogens is 2. The molecule has 0 aliphatic carbocycles. The summed E-state index contributed by atoms with van der Waals surface area (Å²) in [6, 6.07) is 17.5. The van der Waals surface area contributed by atoms with Gasteiger partial charge in [0.15, 0.2) is 0 Å². The van der Waals surface area contributed by atoms with E-state index in [-0.39, 0.29) is 30.2 Å². The van der Waals surface area contributed by atoms with E-state index in [4.69, 9.17) is 9.84 Å². The number of carbonyl (C=O) groups excluding carboxylic acids is 3. The average Bonchev–Trinajstić information content (AvgIpc) is 3.35. The Morgan fingerprint density at radius 3 is 2.33 bits per heavy atom. The van der Waals surface area contributed by atoms with Crippen molar-refractivity contribution in [2.24, 2.45) is 5.92 Å². The van der Waals surface area contributed by atoms with Gasteiger partial charge in [0.25, 0.3) is 5.91 Å². The molecule has 8 heteroatoms. The quantitative estimate of drug-likeness (QED) is 0.473. The van der Waals surface area contributed by atoms with Crippen LogP contribution in [-0.2, 0) is 14.3 Å². The summed E-state index contributed by atoms with van der Waals surface area (Å²) in [4.78, 5) is 41.6. The number of ether oxygens (including phenoxy) is 1. The maximum atomic E-state index is 13.5. The van der Waals surface area contributed by atoms with Crippen LogP contribution in [0, 0.1) is 12.8 Å². The van der Waals surface area contributed by atoms with Crippen molar-refractivity contribution in [3.8, 4) is 16.9 Å². The Kier molecular flexibility index (Phi) is 7.83. The summed E-state index contributed by atoms with van der Waals surface area (Å²) in [5, 5.41) is 4.72. The monoisotopic (exact) mass is 488 g/mol. The lowest BCUT2D eigenvalue weighted by Gasteiger charge is -2.32. The second kappa shape index (κ2) is 11.2. The van der Waals surface area contributed by atoms with E-state index in [0.717, 1.165) is 16.8 Å². The van der Waals surface area contributed by atoms with Crippen LogP contribution in [0.3, 0.4) is 0 Å². The number of likely N-dealkylation sites (tertiary alicyclic amines) is 1. The van der Waals surface area contributed by atoms with E-state index >= 15 is 0 Å². The maximum Gasteiger partial charge on any atom is 0.309 e. The molecule has 8 nitrogen and oxygen atoms in total. The van der Waals surface area contributed by atoms with Gasteiger partial charge in [-0.2, -0.15) is 5.10 Å². The van der Waals surface area contributed by atoms with Crippen LogP contribution in [0.5, 0.6) is 0 Å². The van der Waals surface area contributed by atoms with Crippen molar-refractivity contribution in [1.29, 1.82) is 0 Å². The largest absolute Gasteiger partial charge is 0.466 e. The minimum absolute atomic E-state index is 0.0488. The standard InChI is InChI=1S/C28H32N4O4/c1-4-36-28(35)22-14-16-31(17-15-22)25(33)19-30(3)27(34)24-18-32(23-12-10-20(2)11-13-23)29-26(24)21-8-6-5-7-9-21/h5-13,18,22H,4,14-17,19H2,1-3H3. The van der Waals surface area contributed by atoms with Gasteiger partial charge in [-0.1, -0.05) is 48.0 Å². The highest BCUT2D eigenvalue weighted by molar-refractivity contribution is 6.01. The third kappa shape index (κ3) is 5.64. The molecule has 0 unspecified atom stereocenters. The van der Waals surface area contributed by atoms with Gasteiger partial charge < -0.3 is 14.5 Å². The second-order valence-corrected chi connectivity index (χ2v) is 9.11. The number of amides is 2. The van der Waals surface area contributed by atoms with Crippen molar-refractivity contribution in [3.63, 3.8) is 0 Å². The molecule has 2 heterocycles. The summed E-state index contributed by atoms with van der Waals surface area (Å²) in [6.07, 6.45) is 2.87. The van der Waals surface area contributed by atoms with Crippen LogP contribution in [0.15, 0.2) is 60.8 Å². The zero-order valence-corrected chi connectivity index (χ0v) is 21.0.